The normalized spacial score (nSPS) is 11.9. The molecule has 6 N–H and O–H groups in total. The van der Waals surface area contributed by atoms with Crippen LogP contribution in [0, 0.1) is 0 Å². The topological polar surface area (TPSA) is 577 Å². The summed E-state index contributed by atoms with van der Waals surface area (Å²) in [6.45, 7) is 0. The molecule has 0 aliphatic heterocycles. The molecular formula is C46H28Cl2K3N14Na3O22S6. The van der Waals surface area contributed by atoms with Gasteiger partial charge in [0.05, 0.1) is 66.3 Å². The Hall–Kier alpha value is -1.37. The van der Waals surface area contributed by atoms with Crippen molar-refractivity contribution in [2.75, 3.05) is 35.5 Å². The summed E-state index contributed by atoms with van der Waals surface area (Å²) in [6, 6.07) is 14.8. The van der Waals surface area contributed by atoms with E-state index in [-0.39, 0.29) is 266 Å². The third kappa shape index (κ3) is 21.9. The number of methoxy groups -OCH3 is 2. The van der Waals surface area contributed by atoms with Crippen molar-refractivity contribution >= 4 is 175 Å². The standard InChI is InChI=1S/C46H34Cl2N14O22S6.3K.3Na/c1-83-29-9-7-23(15-31(29)87(71,72)73)59-61-37-33(89(77,78)79)13-19-11-25(85(65,66)67)17-27(35(19)39(37)63)51-45-55-41(47)53-43(57-45)49-21-3-5-22(6-4-21)50-44-54-42(48)56-46(58-44)52-28-18-26(86(68,69)70)12-20-14-34(90(80,81)82)38(40(64)36(20)28)62-60-24-8-10-30(84-2)32(16-24)88(74,75)76;;;;;;/h3-18,63-64H,1-2H3,(H,65,66,67)(H,68,69,70)(H,71,72,73)(H,74,75,76)(H,77,78,79)(H,80,81,82)(H2,49,51,53,55,57)(H2,50,52,54,56,58);;;;;;/q;6*+1/p-6. The predicted molar refractivity (Wildman–Crippen MR) is 303 cm³/mol. The average Bonchev–Trinajstić information content (AvgIpc) is 0.754. The smallest absolute Gasteiger partial charge is 0.744 e. The van der Waals surface area contributed by atoms with Crippen LogP contribution in [0.2, 0.25) is 10.6 Å². The molecule has 9 rings (SSSR count). The number of nitrogens with zero attached hydrogens (tertiary/aromatic N) is 10. The summed E-state index contributed by atoms with van der Waals surface area (Å²) in [5.74, 6) is -4.96. The van der Waals surface area contributed by atoms with Crippen LogP contribution in [0.4, 0.5) is 69.3 Å². The van der Waals surface area contributed by atoms with E-state index in [1.165, 1.54) is 24.3 Å². The van der Waals surface area contributed by atoms with Crippen LogP contribution in [0.1, 0.15) is 0 Å². The van der Waals surface area contributed by atoms with E-state index < -0.39 is 191 Å². The number of aromatic nitrogens is 6. The molecule has 0 radical (unpaired) electrons. The molecule has 0 fully saturated rings. The Labute approximate surface area is 746 Å². The van der Waals surface area contributed by atoms with Crippen molar-refractivity contribution in [3.05, 3.63) is 108 Å². The van der Waals surface area contributed by atoms with E-state index in [2.05, 4.69) is 71.6 Å². The number of rotatable bonds is 20. The molecule has 2 heterocycles. The molecule has 470 valence electrons. The van der Waals surface area contributed by atoms with E-state index in [1.54, 1.807) is 0 Å². The van der Waals surface area contributed by atoms with Gasteiger partial charge in [-0.2, -0.15) is 40.1 Å². The first kappa shape index (κ1) is 88.8. The summed E-state index contributed by atoms with van der Waals surface area (Å²) < 4.78 is 230. The second kappa shape index (κ2) is 35.4. The molecule has 0 aliphatic carbocycles. The fraction of sp³-hybridized carbons (Fsp3) is 0.0435. The number of phenolic OH excluding ortho intramolecular Hbond substituents is 2. The van der Waals surface area contributed by atoms with E-state index in [0.717, 1.165) is 38.5 Å². The minimum atomic E-state index is -5.65. The van der Waals surface area contributed by atoms with Gasteiger partial charge >= 0.3 is 243 Å². The summed E-state index contributed by atoms with van der Waals surface area (Å²) in [5.41, 5.74) is -3.78. The number of aromatic hydroxyl groups is 2. The summed E-state index contributed by atoms with van der Waals surface area (Å²) in [4.78, 5) is 17.6. The summed E-state index contributed by atoms with van der Waals surface area (Å²) >= 11 is 12.5. The van der Waals surface area contributed by atoms with E-state index >= 15 is 0 Å². The second-order valence-electron chi connectivity index (χ2n) is 17.7. The molecule has 0 aliphatic rings. The number of hydrogen-bond donors (Lipinski definition) is 6. The fourth-order valence-corrected chi connectivity index (χ4v) is 12.1. The van der Waals surface area contributed by atoms with Gasteiger partial charge in [-0.05, 0) is 131 Å². The number of benzene rings is 7. The fourth-order valence-electron chi connectivity index (χ4n) is 8.10. The van der Waals surface area contributed by atoms with Crippen molar-refractivity contribution in [3.8, 4) is 23.0 Å². The number of nitrogens with one attached hydrogen (secondary N) is 4. The number of fused-ring (bicyclic) bond motifs is 2. The first-order chi connectivity index (χ1) is 41.9. The monoisotopic (exact) mass is 1580 g/mol. The van der Waals surface area contributed by atoms with Crippen molar-refractivity contribution in [1.82, 2.24) is 29.9 Å². The Morgan fingerprint density at radius 1 is 0.396 bits per heavy atom. The molecule has 50 heteroatoms. The first-order valence-corrected chi connectivity index (χ1v) is 32.7. The first-order valence-electron chi connectivity index (χ1n) is 23.5. The number of phenols is 2. The Kier molecular flexibility index (Phi) is 32.8. The molecule has 0 amide bonds. The number of anilines is 8. The molecule has 96 heavy (non-hydrogen) atoms. The number of ether oxygens (including phenoxy) is 2. The van der Waals surface area contributed by atoms with E-state index in [9.17, 15) is 88.0 Å². The number of hydrogen-bond acceptors (Lipinski definition) is 36. The van der Waals surface area contributed by atoms with Gasteiger partial charge in [0.25, 0.3) is 0 Å². The van der Waals surface area contributed by atoms with Gasteiger partial charge in [0.1, 0.15) is 83.6 Å². The molecule has 0 saturated heterocycles. The van der Waals surface area contributed by atoms with Crippen molar-refractivity contribution in [1.29, 1.82) is 0 Å². The van der Waals surface area contributed by atoms with Crippen molar-refractivity contribution < 1.29 is 340 Å². The van der Waals surface area contributed by atoms with Gasteiger partial charge in [0.2, 0.25) is 34.4 Å². The van der Waals surface area contributed by atoms with Crippen LogP contribution in [0.3, 0.4) is 0 Å². The van der Waals surface area contributed by atoms with E-state index in [0.29, 0.717) is 48.5 Å². The third-order valence-electron chi connectivity index (χ3n) is 11.8. The average molecular weight is 1580 g/mol. The maximum Gasteiger partial charge on any atom is 1.00 e. The summed E-state index contributed by atoms with van der Waals surface area (Å²) in [5, 5.41) is 45.2. The molecule has 9 aromatic rings. The number of halogens is 2. The van der Waals surface area contributed by atoms with Crippen LogP contribution >= 0.6 is 23.2 Å². The van der Waals surface area contributed by atoms with Crippen LogP contribution in [-0.2, 0) is 60.7 Å². The number of azo groups is 2. The summed E-state index contributed by atoms with van der Waals surface area (Å²) in [6.07, 6.45) is 0. The zero-order valence-corrected chi connectivity index (χ0v) is 71.8. The van der Waals surface area contributed by atoms with E-state index in [1.807, 2.05) is 0 Å². The van der Waals surface area contributed by atoms with Gasteiger partial charge in [0.15, 0.2) is 11.5 Å². The van der Waals surface area contributed by atoms with Gasteiger partial charge in [0, 0.05) is 22.1 Å². The van der Waals surface area contributed by atoms with E-state index in [4.69, 9.17) is 32.7 Å². The molecule has 7 aromatic carbocycles. The quantitative estimate of drug-likeness (QED) is 0.0234. The third-order valence-corrected chi connectivity index (χ3v) is 17.2. The van der Waals surface area contributed by atoms with Crippen LogP contribution in [0.25, 0.3) is 21.5 Å². The molecule has 2 aromatic heterocycles. The van der Waals surface area contributed by atoms with Gasteiger partial charge in [-0.15, -0.1) is 10.2 Å². The maximum absolute atomic E-state index is 12.5. The van der Waals surface area contributed by atoms with Crippen LogP contribution in [-0.4, -0.2) is 132 Å². The Morgan fingerprint density at radius 2 is 0.698 bits per heavy atom. The van der Waals surface area contributed by atoms with Crippen LogP contribution in [0.15, 0.2) is 147 Å². The molecular weight excluding hydrogens is 1550 g/mol. The minimum Gasteiger partial charge on any atom is -0.744 e. The molecule has 0 bridgehead atoms. The zero-order chi connectivity index (χ0) is 65.8. The van der Waals surface area contributed by atoms with Crippen molar-refractivity contribution in [2.45, 2.75) is 29.4 Å². The Bertz CT molecular complexity index is 5010. The molecule has 0 unspecified atom stereocenters. The van der Waals surface area contributed by atoms with Crippen molar-refractivity contribution in [2.24, 2.45) is 20.5 Å². The second-order valence-corrected chi connectivity index (χ2v) is 26.5. The van der Waals surface area contributed by atoms with Gasteiger partial charge in [-0.25, -0.2) is 50.5 Å². The summed E-state index contributed by atoms with van der Waals surface area (Å²) in [7, 11) is -30.4. The molecule has 0 spiro atoms. The maximum atomic E-state index is 12.5. The zero-order valence-electron chi connectivity index (χ0n) is 50.0. The Balaban J connectivity index is 0.00000400. The SMILES string of the molecule is COc1ccc(N=Nc2c(S(=O)(=O)[O-])cc3cc(S(=O)(=O)[O-])cc(Nc4nc(Cl)nc(Nc5ccc(Nc6nc(Cl)nc(Nc7cc(S(=O)(=O)[O-])cc8cc(S(=O)(=O)[O-])c(N=Nc9ccc(OC)c(S(=O)(=O)[O-])c9)c(O)c78)n6)cc5)n4)c3c2O)cc1S(=O)(=O)[O-].[K+].[K+].[K+].[Na+].[Na+].[Na+]. The van der Waals surface area contributed by atoms with Crippen molar-refractivity contribution in [3.63, 3.8) is 0 Å². The van der Waals surface area contributed by atoms with Gasteiger partial charge in [-0.1, -0.05) is 0 Å². The van der Waals surface area contributed by atoms with Crippen LogP contribution < -0.4 is 274 Å². The molecule has 36 nitrogen and oxygen atoms in total. The largest absolute Gasteiger partial charge is 1.00 e. The molecule has 0 atom stereocenters. The predicted octanol–water partition coefficient (Wildman–Crippen LogP) is -11.6. The van der Waals surface area contributed by atoms with Gasteiger partial charge < -0.3 is 68.3 Å². The minimum absolute atomic E-state index is 0. The van der Waals surface area contributed by atoms with Crippen LogP contribution in [0.5, 0.6) is 23.0 Å². The molecule has 0 saturated carbocycles. The Morgan fingerprint density at radius 3 is 0.979 bits per heavy atom. The van der Waals surface area contributed by atoms with Gasteiger partial charge in [-0.3, -0.25) is 0 Å².